The summed E-state index contributed by atoms with van der Waals surface area (Å²) in [4.78, 5) is 19.5. The Morgan fingerprint density at radius 1 is 0.800 bits per heavy atom. The first kappa shape index (κ1) is 17.5. The number of fused-ring (bicyclic) bond motifs is 4. The van der Waals surface area contributed by atoms with Crippen LogP contribution in [0.5, 0.6) is 0 Å². The number of carbonyl (C=O) groups is 1. The maximum absolute atomic E-state index is 13.9. The van der Waals surface area contributed by atoms with Crippen molar-refractivity contribution in [2.75, 3.05) is 4.90 Å². The molecule has 1 aromatic heterocycles. The molecule has 0 bridgehead atoms. The average molecular weight is 393 g/mol. The largest absolute Gasteiger partial charge is 0.361 e. The number of aromatic nitrogens is 1. The molecule has 1 aliphatic carbocycles. The van der Waals surface area contributed by atoms with E-state index in [-0.39, 0.29) is 17.9 Å². The van der Waals surface area contributed by atoms with Crippen LogP contribution in [0.1, 0.15) is 42.9 Å². The number of hydrogen-bond acceptors (Lipinski definition) is 1. The zero-order valence-corrected chi connectivity index (χ0v) is 16.8. The number of hydrogen-bond donors (Lipinski definition) is 1. The molecule has 0 saturated heterocycles. The fourth-order valence-electron chi connectivity index (χ4n) is 5.41. The predicted octanol–water partition coefficient (Wildman–Crippen LogP) is 6.46. The Balaban J connectivity index is 1.62. The van der Waals surface area contributed by atoms with Gasteiger partial charge in [0.1, 0.15) is 0 Å². The van der Waals surface area contributed by atoms with Crippen molar-refractivity contribution in [3.05, 3.63) is 90.1 Å². The molecule has 0 spiro atoms. The van der Waals surface area contributed by atoms with Gasteiger partial charge in [-0.2, -0.15) is 0 Å². The molecule has 1 N–H and O–H groups in total. The summed E-state index contributed by atoms with van der Waals surface area (Å²) in [7, 11) is 0. The van der Waals surface area contributed by atoms with Crippen LogP contribution >= 0.6 is 0 Å². The molecule has 1 fully saturated rings. The molecule has 1 atom stereocenters. The van der Waals surface area contributed by atoms with E-state index in [0.29, 0.717) is 0 Å². The van der Waals surface area contributed by atoms with Crippen LogP contribution in [0.15, 0.2) is 79.0 Å². The number of nitrogens with one attached hydrogen (secondary N) is 1. The van der Waals surface area contributed by atoms with Gasteiger partial charge in [-0.1, -0.05) is 73.5 Å². The number of aromatic amines is 1. The molecular formula is C27H24N2O. The summed E-state index contributed by atoms with van der Waals surface area (Å²) in [5.74, 6) is 0.390. The van der Waals surface area contributed by atoms with Crippen LogP contribution in [0.2, 0.25) is 0 Å². The molecule has 1 amide bonds. The van der Waals surface area contributed by atoms with Gasteiger partial charge in [-0.3, -0.25) is 9.69 Å². The van der Waals surface area contributed by atoms with Gasteiger partial charge in [-0.25, -0.2) is 0 Å². The predicted molar refractivity (Wildman–Crippen MR) is 121 cm³/mol. The first-order valence-corrected chi connectivity index (χ1v) is 10.9. The van der Waals surface area contributed by atoms with Crippen LogP contribution in [-0.4, -0.2) is 10.9 Å². The third kappa shape index (κ3) is 2.55. The van der Waals surface area contributed by atoms with E-state index in [4.69, 9.17) is 0 Å². The Morgan fingerprint density at radius 2 is 1.50 bits per heavy atom. The monoisotopic (exact) mass is 392 g/mol. The molecule has 1 aliphatic heterocycles. The lowest BCUT2D eigenvalue weighted by Crippen LogP contribution is -2.41. The summed E-state index contributed by atoms with van der Waals surface area (Å²) in [5, 5.41) is 1.18. The van der Waals surface area contributed by atoms with Gasteiger partial charge >= 0.3 is 0 Å². The summed E-state index contributed by atoms with van der Waals surface area (Å²) in [6.45, 7) is 0. The summed E-state index contributed by atoms with van der Waals surface area (Å²) in [6.07, 6.45) is 6.40. The zero-order valence-electron chi connectivity index (χ0n) is 16.8. The minimum Gasteiger partial charge on any atom is -0.361 e. The van der Waals surface area contributed by atoms with E-state index in [0.717, 1.165) is 42.5 Å². The molecule has 1 unspecified atom stereocenters. The molecule has 3 aromatic carbocycles. The molecule has 2 heterocycles. The van der Waals surface area contributed by atoms with Crippen molar-refractivity contribution >= 4 is 22.5 Å². The standard InChI is InChI=1S/C27H24N2O/c30-27(18-9-1-2-10-18)29-25-16-8-6-13-21(25)19-11-3-4-14-22(19)26(29)23-17-28-24-15-7-5-12-20(23)24/h3-8,11-18,26,28H,1-2,9-10H2. The maximum Gasteiger partial charge on any atom is 0.230 e. The second-order valence-electron chi connectivity index (χ2n) is 8.49. The Labute approximate surface area is 176 Å². The Kier molecular flexibility index (Phi) is 4.02. The van der Waals surface area contributed by atoms with Gasteiger partial charge in [0.2, 0.25) is 5.91 Å². The first-order chi connectivity index (χ1) is 14.8. The lowest BCUT2D eigenvalue weighted by molar-refractivity contribution is -0.122. The topological polar surface area (TPSA) is 36.1 Å². The Bertz CT molecular complexity index is 1250. The molecule has 3 nitrogen and oxygen atoms in total. The highest BCUT2D eigenvalue weighted by Gasteiger charge is 2.39. The fraction of sp³-hybridized carbons (Fsp3) is 0.222. The molecule has 148 valence electrons. The molecule has 30 heavy (non-hydrogen) atoms. The highest BCUT2D eigenvalue weighted by Crippen LogP contribution is 2.49. The van der Waals surface area contributed by atoms with Gasteiger partial charge < -0.3 is 4.98 Å². The fourth-order valence-corrected chi connectivity index (χ4v) is 5.41. The summed E-state index contributed by atoms with van der Waals surface area (Å²) < 4.78 is 0. The van der Waals surface area contributed by atoms with Crippen molar-refractivity contribution < 1.29 is 4.79 Å². The van der Waals surface area contributed by atoms with Gasteiger partial charge in [-0.15, -0.1) is 0 Å². The number of amides is 1. The van der Waals surface area contributed by atoms with Crippen LogP contribution in [0, 0.1) is 5.92 Å². The van der Waals surface area contributed by atoms with E-state index in [1.165, 1.54) is 22.1 Å². The van der Waals surface area contributed by atoms with Gasteiger partial charge in [-0.05, 0) is 36.1 Å². The zero-order chi connectivity index (χ0) is 20.1. The second-order valence-corrected chi connectivity index (χ2v) is 8.49. The van der Waals surface area contributed by atoms with Crippen molar-refractivity contribution in [1.29, 1.82) is 0 Å². The molecule has 2 aliphatic rings. The third-order valence-electron chi connectivity index (χ3n) is 6.83. The van der Waals surface area contributed by atoms with Crippen LogP contribution in [0.4, 0.5) is 5.69 Å². The van der Waals surface area contributed by atoms with E-state index < -0.39 is 0 Å². The quantitative estimate of drug-likeness (QED) is 0.417. The lowest BCUT2D eigenvalue weighted by Gasteiger charge is -2.40. The Hall–Kier alpha value is -3.33. The number of carbonyl (C=O) groups excluding carboxylic acids is 1. The number of para-hydroxylation sites is 2. The van der Waals surface area contributed by atoms with E-state index in [1.807, 2.05) is 12.1 Å². The second kappa shape index (κ2) is 6.88. The molecule has 6 rings (SSSR count). The number of H-pyrrole nitrogens is 1. The normalized spacial score (nSPS) is 18.4. The van der Waals surface area contributed by atoms with Gasteiger partial charge in [0.15, 0.2) is 0 Å². The van der Waals surface area contributed by atoms with Crippen LogP contribution in [0.3, 0.4) is 0 Å². The van der Waals surface area contributed by atoms with Gasteiger partial charge in [0.05, 0.1) is 11.7 Å². The summed E-state index contributed by atoms with van der Waals surface area (Å²) >= 11 is 0. The van der Waals surface area contributed by atoms with E-state index in [1.54, 1.807) is 0 Å². The van der Waals surface area contributed by atoms with E-state index in [2.05, 4.69) is 76.7 Å². The number of nitrogens with zero attached hydrogens (tertiary/aromatic N) is 1. The van der Waals surface area contributed by atoms with Crippen molar-refractivity contribution in [2.45, 2.75) is 31.7 Å². The lowest BCUT2D eigenvalue weighted by atomic mass is 9.84. The van der Waals surface area contributed by atoms with Crippen molar-refractivity contribution in [3.63, 3.8) is 0 Å². The number of anilines is 1. The van der Waals surface area contributed by atoms with Crippen LogP contribution < -0.4 is 4.90 Å². The number of benzene rings is 3. The van der Waals surface area contributed by atoms with Crippen molar-refractivity contribution in [1.82, 2.24) is 4.98 Å². The minimum atomic E-state index is -0.125. The first-order valence-electron chi connectivity index (χ1n) is 10.9. The van der Waals surface area contributed by atoms with E-state index >= 15 is 0 Å². The van der Waals surface area contributed by atoms with E-state index in [9.17, 15) is 4.79 Å². The average Bonchev–Trinajstić information content (AvgIpc) is 3.48. The maximum atomic E-state index is 13.9. The van der Waals surface area contributed by atoms with Crippen LogP contribution in [0.25, 0.3) is 22.0 Å². The van der Waals surface area contributed by atoms with Crippen molar-refractivity contribution in [3.8, 4) is 11.1 Å². The molecule has 4 aromatic rings. The highest BCUT2D eigenvalue weighted by molar-refractivity contribution is 6.04. The number of rotatable bonds is 2. The van der Waals surface area contributed by atoms with Crippen molar-refractivity contribution in [2.24, 2.45) is 5.92 Å². The molecule has 3 heteroatoms. The smallest absolute Gasteiger partial charge is 0.230 e. The molecular weight excluding hydrogens is 368 g/mol. The summed E-state index contributed by atoms with van der Waals surface area (Å²) in [5.41, 5.74) is 6.88. The Morgan fingerprint density at radius 3 is 2.37 bits per heavy atom. The SMILES string of the molecule is O=C(C1CCCC1)N1c2ccccc2-c2ccccc2C1c1c[nH]c2ccccc12. The molecule has 1 saturated carbocycles. The van der Waals surface area contributed by atoms with Gasteiger partial charge in [0.25, 0.3) is 0 Å². The minimum absolute atomic E-state index is 0.121. The highest BCUT2D eigenvalue weighted by atomic mass is 16.2. The summed E-state index contributed by atoms with van der Waals surface area (Å²) in [6, 6.07) is 25.2. The molecule has 0 radical (unpaired) electrons. The third-order valence-corrected chi connectivity index (χ3v) is 6.83. The van der Waals surface area contributed by atoms with Gasteiger partial charge in [0, 0.05) is 34.1 Å². The van der Waals surface area contributed by atoms with Crippen LogP contribution in [-0.2, 0) is 4.79 Å².